The summed E-state index contributed by atoms with van der Waals surface area (Å²) in [6, 6.07) is 5.44. The summed E-state index contributed by atoms with van der Waals surface area (Å²) in [5, 5.41) is 8.09. The minimum Gasteiger partial charge on any atom is -0.347 e. The maximum absolute atomic E-state index is 12.6. The molecule has 0 unspecified atom stereocenters. The molecule has 0 saturated carbocycles. The summed E-state index contributed by atoms with van der Waals surface area (Å²) in [4.78, 5) is 22.9. The summed E-state index contributed by atoms with van der Waals surface area (Å²) in [6.45, 7) is 1.24. The molecule has 104 valence electrons. The van der Waals surface area contributed by atoms with Gasteiger partial charge in [-0.1, -0.05) is 0 Å². The summed E-state index contributed by atoms with van der Waals surface area (Å²) in [5.74, 6) is -0.854. The van der Waals surface area contributed by atoms with Crippen molar-refractivity contribution in [3.63, 3.8) is 0 Å². The number of rotatable bonds is 4. The molecule has 19 heavy (non-hydrogen) atoms. The Morgan fingerprint density at radius 2 is 1.89 bits per heavy atom. The van der Waals surface area contributed by atoms with E-state index in [1.165, 1.54) is 24.3 Å². The maximum Gasteiger partial charge on any atom is 0.243 e. The highest BCUT2D eigenvalue weighted by Gasteiger charge is 2.24. The molecule has 1 saturated heterocycles. The van der Waals surface area contributed by atoms with Crippen molar-refractivity contribution in [2.45, 2.75) is 0 Å². The van der Waals surface area contributed by atoms with E-state index in [0.717, 1.165) is 0 Å². The number of hydrogen-bond acceptors (Lipinski definition) is 3. The first-order valence-corrected chi connectivity index (χ1v) is 5.69. The molecule has 1 aromatic rings. The highest BCUT2D eigenvalue weighted by molar-refractivity contribution is 5.94. The van der Waals surface area contributed by atoms with E-state index in [4.69, 9.17) is 0 Å². The second-order valence-corrected chi connectivity index (χ2v) is 4.13. The molecule has 3 N–H and O–H groups in total. The lowest BCUT2D eigenvalue weighted by Gasteiger charge is -2.25. The predicted octanol–water partition coefficient (Wildman–Crippen LogP) is 0.522. The second kappa shape index (κ2) is 7.06. The van der Waals surface area contributed by atoms with Gasteiger partial charge in [0, 0.05) is 18.8 Å². The molecule has 1 heterocycles. The smallest absolute Gasteiger partial charge is 0.243 e. The van der Waals surface area contributed by atoms with Crippen LogP contribution >= 0.6 is 12.4 Å². The molecule has 0 aliphatic carbocycles. The molecule has 0 bridgehead atoms. The maximum atomic E-state index is 12.6. The lowest BCUT2D eigenvalue weighted by Crippen LogP contribution is -2.51. The van der Waals surface area contributed by atoms with Crippen LogP contribution < -0.4 is 16.0 Å². The largest absolute Gasteiger partial charge is 0.347 e. The van der Waals surface area contributed by atoms with Crippen molar-refractivity contribution < 1.29 is 14.0 Å². The second-order valence-electron chi connectivity index (χ2n) is 4.13. The molecule has 1 fully saturated rings. The van der Waals surface area contributed by atoms with Crippen molar-refractivity contribution >= 4 is 29.9 Å². The lowest BCUT2D eigenvalue weighted by atomic mass is 10.0. The molecule has 0 aromatic heterocycles. The van der Waals surface area contributed by atoms with Gasteiger partial charge in [0.2, 0.25) is 11.8 Å². The third-order valence-electron chi connectivity index (χ3n) is 2.70. The number of hydrogen-bond donors (Lipinski definition) is 3. The zero-order valence-corrected chi connectivity index (χ0v) is 10.9. The van der Waals surface area contributed by atoms with Crippen LogP contribution in [0.25, 0.3) is 0 Å². The summed E-state index contributed by atoms with van der Waals surface area (Å²) in [6.07, 6.45) is 0. The van der Waals surface area contributed by atoms with Crippen LogP contribution in [0, 0.1) is 11.7 Å². The van der Waals surface area contributed by atoms with Gasteiger partial charge in [0.25, 0.3) is 0 Å². The van der Waals surface area contributed by atoms with Crippen LogP contribution in [0.15, 0.2) is 24.3 Å². The number of carbonyl (C=O) groups is 2. The van der Waals surface area contributed by atoms with Crippen molar-refractivity contribution in [3.8, 4) is 0 Å². The lowest BCUT2D eigenvalue weighted by molar-refractivity contribution is -0.128. The van der Waals surface area contributed by atoms with Gasteiger partial charge < -0.3 is 16.0 Å². The van der Waals surface area contributed by atoms with E-state index in [0.29, 0.717) is 18.8 Å². The van der Waals surface area contributed by atoms with Gasteiger partial charge in [0.05, 0.1) is 12.5 Å². The zero-order valence-electron chi connectivity index (χ0n) is 10.1. The van der Waals surface area contributed by atoms with Crippen LogP contribution in [0.3, 0.4) is 0 Å². The average Bonchev–Trinajstić information content (AvgIpc) is 2.27. The van der Waals surface area contributed by atoms with E-state index in [-0.39, 0.29) is 42.5 Å². The number of nitrogens with one attached hydrogen (secondary N) is 3. The van der Waals surface area contributed by atoms with Gasteiger partial charge in [-0.05, 0) is 24.3 Å². The van der Waals surface area contributed by atoms with Crippen molar-refractivity contribution in [1.82, 2.24) is 10.6 Å². The molecule has 0 atom stereocenters. The fourth-order valence-electron chi connectivity index (χ4n) is 1.52. The van der Waals surface area contributed by atoms with Crippen LogP contribution in [-0.4, -0.2) is 31.4 Å². The minimum absolute atomic E-state index is 0. The average molecular weight is 288 g/mol. The number of carbonyl (C=O) groups excluding carboxylic acids is 2. The third-order valence-corrected chi connectivity index (χ3v) is 2.70. The normalized spacial score (nSPS) is 13.9. The van der Waals surface area contributed by atoms with Gasteiger partial charge in [0.15, 0.2) is 0 Å². The Morgan fingerprint density at radius 3 is 2.42 bits per heavy atom. The molecule has 0 radical (unpaired) electrons. The Balaban J connectivity index is 0.00000180. The fourth-order valence-corrected chi connectivity index (χ4v) is 1.52. The zero-order chi connectivity index (χ0) is 13.0. The molecule has 1 aliphatic heterocycles. The van der Waals surface area contributed by atoms with Gasteiger partial charge in [-0.25, -0.2) is 4.39 Å². The summed E-state index contributed by atoms with van der Waals surface area (Å²) in [5.41, 5.74) is 0.501. The van der Waals surface area contributed by atoms with Crippen LogP contribution in [0.4, 0.5) is 10.1 Å². The molecular formula is C12H15ClFN3O2. The van der Waals surface area contributed by atoms with E-state index < -0.39 is 0 Å². The molecule has 5 nitrogen and oxygen atoms in total. The number of halogens is 2. The van der Waals surface area contributed by atoms with Crippen molar-refractivity contribution in [2.24, 2.45) is 5.92 Å². The Kier molecular flexibility index (Phi) is 5.72. The summed E-state index contributed by atoms with van der Waals surface area (Å²) in [7, 11) is 0. The third kappa shape index (κ3) is 4.50. The Hall–Kier alpha value is -1.66. The molecule has 1 aromatic carbocycles. The van der Waals surface area contributed by atoms with Gasteiger partial charge in [0.1, 0.15) is 5.82 Å². The Morgan fingerprint density at radius 1 is 1.26 bits per heavy atom. The fraction of sp³-hybridized carbons (Fsp3) is 0.333. The quantitative estimate of drug-likeness (QED) is 0.756. The number of benzene rings is 1. The van der Waals surface area contributed by atoms with Gasteiger partial charge in [-0.2, -0.15) is 0 Å². The van der Waals surface area contributed by atoms with Crippen molar-refractivity contribution in [1.29, 1.82) is 0 Å². The highest BCUT2D eigenvalue weighted by Crippen LogP contribution is 2.07. The van der Waals surface area contributed by atoms with Crippen molar-refractivity contribution in [2.75, 3.05) is 25.0 Å². The van der Waals surface area contributed by atoms with Crippen LogP contribution in [0.1, 0.15) is 0 Å². The van der Waals surface area contributed by atoms with Crippen LogP contribution in [0.2, 0.25) is 0 Å². The SMILES string of the molecule is Cl.O=C(CNC(=O)C1CNC1)Nc1ccc(F)cc1. The van der Waals surface area contributed by atoms with E-state index in [9.17, 15) is 14.0 Å². The molecule has 2 amide bonds. The van der Waals surface area contributed by atoms with E-state index in [1.54, 1.807) is 0 Å². The minimum atomic E-state index is -0.362. The molecule has 0 spiro atoms. The van der Waals surface area contributed by atoms with Crippen LogP contribution in [0.5, 0.6) is 0 Å². The molecular weight excluding hydrogens is 273 g/mol. The van der Waals surface area contributed by atoms with Gasteiger partial charge >= 0.3 is 0 Å². The molecule has 1 aliphatic rings. The van der Waals surface area contributed by atoms with Gasteiger partial charge in [-0.15, -0.1) is 12.4 Å². The first-order chi connectivity index (χ1) is 8.65. The number of anilines is 1. The van der Waals surface area contributed by atoms with E-state index >= 15 is 0 Å². The van der Waals surface area contributed by atoms with Crippen molar-refractivity contribution in [3.05, 3.63) is 30.1 Å². The van der Waals surface area contributed by atoms with Gasteiger partial charge in [-0.3, -0.25) is 9.59 Å². The van der Waals surface area contributed by atoms with E-state index in [1.807, 2.05) is 0 Å². The predicted molar refractivity (Wildman–Crippen MR) is 71.6 cm³/mol. The Labute approximate surface area is 116 Å². The van der Waals surface area contributed by atoms with E-state index in [2.05, 4.69) is 16.0 Å². The first-order valence-electron chi connectivity index (χ1n) is 5.69. The monoisotopic (exact) mass is 287 g/mol. The Bertz CT molecular complexity index is 449. The molecule has 7 heteroatoms. The first kappa shape index (κ1) is 15.4. The van der Waals surface area contributed by atoms with Crippen LogP contribution in [-0.2, 0) is 9.59 Å². The summed E-state index contributed by atoms with van der Waals surface area (Å²) >= 11 is 0. The topological polar surface area (TPSA) is 70.2 Å². The standard InChI is InChI=1S/C12H14FN3O2.ClH/c13-9-1-3-10(4-2-9)16-11(17)7-15-12(18)8-5-14-6-8;/h1-4,8,14H,5-7H2,(H,15,18)(H,16,17);1H. The summed E-state index contributed by atoms with van der Waals surface area (Å²) < 4.78 is 12.6. The number of amides is 2. The highest BCUT2D eigenvalue weighted by atomic mass is 35.5. The molecule has 2 rings (SSSR count).